The highest BCUT2D eigenvalue weighted by Gasteiger charge is 2.34. The minimum Gasteiger partial charge on any atom is -0.382 e. The number of carbonyl (C=O) groups excluding carboxylic acids is 1. The van der Waals surface area contributed by atoms with Gasteiger partial charge in [0, 0.05) is 12.1 Å². The molecule has 17 heavy (non-hydrogen) atoms. The lowest BCUT2D eigenvalue weighted by Crippen LogP contribution is -2.50. The van der Waals surface area contributed by atoms with Crippen molar-refractivity contribution in [2.75, 3.05) is 17.6 Å². The summed E-state index contributed by atoms with van der Waals surface area (Å²) < 4.78 is 0. The quantitative estimate of drug-likeness (QED) is 0.765. The molecule has 1 aromatic rings. The minimum absolute atomic E-state index is 0.0497. The highest BCUT2D eigenvalue weighted by Crippen LogP contribution is 2.32. The zero-order chi connectivity index (χ0) is 12.5. The summed E-state index contributed by atoms with van der Waals surface area (Å²) in [4.78, 5) is 16.7. The van der Waals surface area contributed by atoms with Crippen molar-refractivity contribution in [1.29, 1.82) is 0 Å². The van der Waals surface area contributed by atoms with Gasteiger partial charge < -0.3 is 16.4 Å². The van der Waals surface area contributed by atoms with Crippen molar-refractivity contribution in [3.05, 3.63) is 4.88 Å². The molecule has 1 aromatic heterocycles. The Labute approximate surface area is 105 Å². The molecule has 5 nitrogen and oxygen atoms in total. The van der Waals surface area contributed by atoms with Crippen molar-refractivity contribution in [2.24, 2.45) is 0 Å². The Morgan fingerprint density at radius 3 is 2.82 bits per heavy atom. The van der Waals surface area contributed by atoms with Crippen LogP contribution in [0.3, 0.4) is 0 Å². The smallest absolute Gasteiger partial charge is 0.265 e. The van der Waals surface area contributed by atoms with Gasteiger partial charge in [-0.25, -0.2) is 4.98 Å². The van der Waals surface area contributed by atoms with E-state index in [1.54, 1.807) is 0 Å². The van der Waals surface area contributed by atoms with Crippen LogP contribution >= 0.6 is 11.3 Å². The average Bonchev–Trinajstić information content (AvgIpc) is 2.58. The molecule has 1 fully saturated rings. The van der Waals surface area contributed by atoms with E-state index in [4.69, 9.17) is 5.73 Å². The van der Waals surface area contributed by atoms with Crippen molar-refractivity contribution in [3.63, 3.8) is 0 Å². The molecular formula is C11H18N4OS. The summed E-state index contributed by atoms with van der Waals surface area (Å²) in [6.45, 7) is 4.81. The normalized spacial score (nSPS) is 17.3. The first-order valence-electron chi connectivity index (χ1n) is 5.87. The van der Waals surface area contributed by atoms with Gasteiger partial charge in [-0.3, -0.25) is 4.79 Å². The number of rotatable bonds is 4. The summed E-state index contributed by atoms with van der Waals surface area (Å²) in [5, 5.41) is 6.79. The number of nitrogens with zero attached hydrogens (tertiary/aromatic N) is 1. The summed E-state index contributed by atoms with van der Waals surface area (Å²) in [6.07, 6.45) is 3.26. The maximum Gasteiger partial charge on any atom is 0.265 e. The van der Waals surface area contributed by atoms with E-state index in [-0.39, 0.29) is 11.4 Å². The van der Waals surface area contributed by atoms with Crippen LogP contribution in [-0.4, -0.2) is 23.0 Å². The summed E-state index contributed by atoms with van der Waals surface area (Å²) in [7, 11) is 0. The standard InChI is InChI=1S/C11H18N4OS/c1-3-13-10-14-8(12)7(17-10)9(16)15-11(2)5-4-6-11/h3-6,12H2,1-2H3,(H,13,14)(H,15,16). The third kappa shape index (κ3) is 2.52. The molecule has 94 valence electrons. The molecule has 0 radical (unpaired) electrons. The van der Waals surface area contributed by atoms with Gasteiger partial charge >= 0.3 is 0 Å². The minimum atomic E-state index is -0.105. The van der Waals surface area contributed by atoms with Gasteiger partial charge in [-0.1, -0.05) is 11.3 Å². The molecule has 1 heterocycles. The summed E-state index contributed by atoms with van der Waals surface area (Å²) in [5.74, 6) is 0.206. The number of anilines is 2. The lowest BCUT2D eigenvalue weighted by Gasteiger charge is -2.38. The van der Waals surface area contributed by atoms with Gasteiger partial charge in [0.15, 0.2) is 5.13 Å². The Kier molecular flexibility index (Phi) is 3.24. The number of aromatic nitrogens is 1. The van der Waals surface area contributed by atoms with E-state index >= 15 is 0 Å². The largest absolute Gasteiger partial charge is 0.382 e. The van der Waals surface area contributed by atoms with Gasteiger partial charge in [0.2, 0.25) is 0 Å². The van der Waals surface area contributed by atoms with E-state index in [1.165, 1.54) is 17.8 Å². The van der Waals surface area contributed by atoms with Crippen LogP contribution in [0.1, 0.15) is 42.8 Å². The first kappa shape index (κ1) is 12.2. The van der Waals surface area contributed by atoms with Crippen LogP contribution in [0.4, 0.5) is 10.9 Å². The molecule has 4 N–H and O–H groups in total. The third-order valence-electron chi connectivity index (χ3n) is 3.06. The number of hydrogen-bond donors (Lipinski definition) is 3. The number of nitrogens with two attached hydrogens (primary N) is 1. The van der Waals surface area contributed by atoms with E-state index in [9.17, 15) is 4.79 Å². The molecule has 0 aliphatic heterocycles. The first-order chi connectivity index (χ1) is 8.04. The van der Waals surface area contributed by atoms with E-state index in [0.29, 0.717) is 15.8 Å². The maximum absolute atomic E-state index is 12.0. The van der Waals surface area contributed by atoms with Crippen molar-refractivity contribution in [2.45, 2.75) is 38.6 Å². The zero-order valence-corrected chi connectivity index (χ0v) is 11.0. The molecule has 0 unspecified atom stereocenters. The lowest BCUT2D eigenvalue weighted by molar-refractivity contribution is 0.0855. The van der Waals surface area contributed by atoms with Crippen molar-refractivity contribution in [3.8, 4) is 0 Å². The van der Waals surface area contributed by atoms with Crippen LogP contribution in [0.25, 0.3) is 0 Å². The van der Waals surface area contributed by atoms with Crippen molar-refractivity contribution < 1.29 is 4.79 Å². The van der Waals surface area contributed by atoms with Gasteiger partial charge in [-0.15, -0.1) is 0 Å². The van der Waals surface area contributed by atoms with Crippen LogP contribution in [0.5, 0.6) is 0 Å². The van der Waals surface area contributed by atoms with Crippen LogP contribution in [0.2, 0.25) is 0 Å². The molecule has 1 amide bonds. The number of amides is 1. The third-order valence-corrected chi connectivity index (χ3v) is 4.09. The Bertz CT molecular complexity index is 425. The van der Waals surface area contributed by atoms with E-state index in [0.717, 1.165) is 19.4 Å². The number of hydrogen-bond acceptors (Lipinski definition) is 5. The Morgan fingerprint density at radius 1 is 1.59 bits per heavy atom. The Morgan fingerprint density at radius 2 is 2.29 bits per heavy atom. The number of carbonyl (C=O) groups is 1. The fraction of sp³-hybridized carbons (Fsp3) is 0.636. The van der Waals surface area contributed by atoms with Crippen molar-refractivity contribution in [1.82, 2.24) is 10.3 Å². The molecule has 0 aromatic carbocycles. The molecule has 1 saturated carbocycles. The van der Waals surface area contributed by atoms with E-state index < -0.39 is 0 Å². The first-order valence-corrected chi connectivity index (χ1v) is 6.68. The second-order valence-electron chi connectivity index (χ2n) is 4.63. The number of nitrogen functional groups attached to an aromatic ring is 1. The summed E-state index contributed by atoms with van der Waals surface area (Å²) >= 11 is 1.31. The molecule has 1 aliphatic rings. The molecule has 2 rings (SSSR count). The fourth-order valence-electron chi connectivity index (χ4n) is 1.88. The monoisotopic (exact) mass is 254 g/mol. The Balaban J connectivity index is 2.07. The maximum atomic E-state index is 12.0. The van der Waals surface area contributed by atoms with Crippen molar-refractivity contribution >= 4 is 28.2 Å². The lowest BCUT2D eigenvalue weighted by atomic mass is 9.78. The molecule has 0 saturated heterocycles. The van der Waals surface area contributed by atoms with Crippen LogP contribution in [-0.2, 0) is 0 Å². The second kappa shape index (κ2) is 4.52. The second-order valence-corrected chi connectivity index (χ2v) is 5.63. The van der Waals surface area contributed by atoms with Crippen LogP contribution in [0, 0.1) is 0 Å². The number of thiazole rings is 1. The van der Waals surface area contributed by atoms with Crippen LogP contribution in [0.15, 0.2) is 0 Å². The van der Waals surface area contributed by atoms with E-state index in [1.807, 2.05) is 6.92 Å². The van der Waals surface area contributed by atoms with E-state index in [2.05, 4.69) is 22.5 Å². The predicted molar refractivity (Wildman–Crippen MR) is 70.4 cm³/mol. The molecular weight excluding hydrogens is 236 g/mol. The zero-order valence-electron chi connectivity index (χ0n) is 10.2. The topological polar surface area (TPSA) is 80.0 Å². The van der Waals surface area contributed by atoms with Crippen LogP contribution < -0.4 is 16.4 Å². The predicted octanol–water partition coefficient (Wildman–Crippen LogP) is 1.83. The molecule has 6 heteroatoms. The van der Waals surface area contributed by atoms with Gasteiger partial charge in [0.05, 0.1) is 0 Å². The molecule has 0 bridgehead atoms. The average molecular weight is 254 g/mol. The molecule has 0 atom stereocenters. The van der Waals surface area contributed by atoms with Gasteiger partial charge in [0.1, 0.15) is 10.7 Å². The van der Waals surface area contributed by atoms with Gasteiger partial charge in [-0.05, 0) is 33.1 Å². The molecule has 0 spiro atoms. The number of nitrogens with one attached hydrogen (secondary N) is 2. The fourth-order valence-corrected chi connectivity index (χ4v) is 2.73. The highest BCUT2D eigenvalue weighted by atomic mass is 32.1. The summed E-state index contributed by atoms with van der Waals surface area (Å²) in [5.41, 5.74) is 5.70. The molecule has 1 aliphatic carbocycles. The summed E-state index contributed by atoms with van der Waals surface area (Å²) in [6, 6.07) is 0. The van der Waals surface area contributed by atoms with Gasteiger partial charge in [-0.2, -0.15) is 0 Å². The SMILES string of the molecule is CCNc1nc(N)c(C(=O)NC2(C)CCC2)s1. The highest BCUT2D eigenvalue weighted by molar-refractivity contribution is 7.18. The Hall–Kier alpha value is -1.30. The van der Waals surface area contributed by atoms with Gasteiger partial charge in [0.25, 0.3) is 5.91 Å².